The molecule has 2 aliphatic rings. The molecule has 0 atom stereocenters. The maximum absolute atomic E-state index is 12.4. The number of rotatable bonds is 7. The molecule has 0 aromatic carbocycles. The number of hydrogen-bond donors (Lipinski definition) is 1. The summed E-state index contributed by atoms with van der Waals surface area (Å²) < 4.78 is 5.54. The SMILES string of the molecule is CCNC(=NCCC(=O)N1CCCC1)N1CCC(CN(CC)C(=O)OC(C)(C)C)CC1.I. The van der Waals surface area contributed by atoms with E-state index in [0.717, 1.165) is 70.9 Å². The normalized spacial score (nSPS) is 17.7. The van der Waals surface area contributed by atoms with Crippen LogP contribution in [0.4, 0.5) is 4.79 Å². The molecule has 0 aliphatic carbocycles. The molecule has 0 aromatic rings. The fraction of sp³-hybridized carbons (Fsp3) is 0.870. The van der Waals surface area contributed by atoms with Crippen LogP contribution >= 0.6 is 24.0 Å². The molecule has 0 bridgehead atoms. The van der Waals surface area contributed by atoms with Gasteiger partial charge in [-0.1, -0.05) is 0 Å². The molecule has 2 aliphatic heterocycles. The number of ether oxygens (including phenoxy) is 1. The van der Waals surface area contributed by atoms with Crippen molar-refractivity contribution in [3.05, 3.63) is 0 Å². The van der Waals surface area contributed by atoms with Gasteiger partial charge >= 0.3 is 6.09 Å². The number of guanidine groups is 1. The second-order valence-electron chi connectivity index (χ2n) is 9.52. The van der Waals surface area contributed by atoms with Crippen LogP contribution in [0.25, 0.3) is 0 Å². The average molecular weight is 566 g/mol. The number of carbonyl (C=O) groups is 2. The highest BCUT2D eigenvalue weighted by Crippen LogP contribution is 2.20. The first kappa shape index (κ1) is 28.8. The molecule has 0 unspecified atom stereocenters. The smallest absolute Gasteiger partial charge is 0.410 e. The van der Waals surface area contributed by atoms with Gasteiger partial charge in [-0.25, -0.2) is 4.79 Å². The molecule has 2 amide bonds. The van der Waals surface area contributed by atoms with Crippen LogP contribution in [-0.4, -0.2) is 90.6 Å². The highest BCUT2D eigenvalue weighted by Gasteiger charge is 2.27. The predicted octanol–water partition coefficient (Wildman–Crippen LogP) is 3.55. The number of halogens is 1. The van der Waals surface area contributed by atoms with Gasteiger partial charge in [0.2, 0.25) is 5.91 Å². The number of piperidine rings is 1. The Morgan fingerprint density at radius 2 is 1.69 bits per heavy atom. The van der Waals surface area contributed by atoms with Crippen molar-refractivity contribution in [2.45, 2.75) is 72.3 Å². The van der Waals surface area contributed by atoms with E-state index in [1.807, 2.05) is 37.5 Å². The molecule has 2 saturated heterocycles. The lowest BCUT2D eigenvalue weighted by Crippen LogP contribution is -2.48. The summed E-state index contributed by atoms with van der Waals surface area (Å²) >= 11 is 0. The zero-order valence-electron chi connectivity index (χ0n) is 20.7. The number of nitrogens with one attached hydrogen (secondary N) is 1. The van der Waals surface area contributed by atoms with Crippen LogP contribution in [0.2, 0.25) is 0 Å². The predicted molar refractivity (Wildman–Crippen MR) is 140 cm³/mol. The Bertz CT molecular complexity index is 609. The van der Waals surface area contributed by atoms with Gasteiger partial charge in [0.25, 0.3) is 0 Å². The summed E-state index contributed by atoms with van der Waals surface area (Å²) in [6, 6.07) is 0. The molecule has 8 nitrogen and oxygen atoms in total. The van der Waals surface area contributed by atoms with E-state index in [1.54, 1.807) is 0 Å². The van der Waals surface area contributed by atoms with Crippen molar-refractivity contribution >= 4 is 41.9 Å². The van der Waals surface area contributed by atoms with E-state index >= 15 is 0 Å². The van der Waals surface area contributed by atoms with E-state index in [0.29, 0.717) is 25.4 Å². The number of carbonyl (C=O) groups excluding carboxylic acids is 2. The maximum atomic E-state index is 12.4. The Balaban J connectivity index is 0.00000512. The highest BCUT2D eigenvalue weighted by atomic mass is 127. The zero-order valence-corrected chi connectivity index (χ0v) is 23.0. The molecule has 0 radical (unpaired) electrons. The fourth-order valence-corrected chi connectivity index (χ4v) is 4.11. The molecule has 9 heteroatoms. The monoisotopic (exact) mass is 565 g/mol. The number of hydrogen-bond acceptors (Lipinski definition) is 4. The molecule has 2 heterocycles. The minimum absolute atomic E-state index is 0. The van der Waals surface area contributed by atoms with Crippen molar-refractivity contribution in [2.24, 2.45) is 10.9 Å². The van der Waals surface area contributed by atoms with E-state index in [9.17, 15) is 9.59 Å². The lowest BCUT2D eigenvalue weighted by Gasteiger charge is -2.36. The number of aliphatic imine (C=N–C) groups is 1. The summed E-state index contributed by atoms with van der Waals surface area (Å²) in [5, 5.41) is 3.37. The Kier molecular flexibility index (Phi) is 12.7. The van der Waals surface area contributed by atoms with Crippen molar-refractivity contribution < 1.29 is 14.3 Å². The molecule has 2 fully saturated rings. The third kappa shape index (κ3) is 9.70. The lowest BCUT2D eigenvalue weighted by atomic mass is 9.96. The van der Waals surface area contributed by atoms with Gasteiger partial charge < -0.3 is 24.8 Å². The Morgan fingerprint density at radius 3 is 2.22 bits per heavy atom. The molecule has 1 N–H and O–H groups in total. The standard InChI is InChI=1S/C23H43N5O3.HI/c1-6-24-21(25-13-10-20(29)27-14-8-9-15-27)28-16-11-19(12-17-28)18-26(7-2)22(30)31-23(3,4)5;/h19H,6-18H2,1-5H3,(H,24,25);1H. The van der Waals surface area contributed by atoms with Crippen LogP contribution in [-0.2, 0) is 9.53 Å². The molecule has 32 heavy (non-hydrogen) atoms. The second kappa shape index (κ2) is 14.1. The first-order chi connectivity index (χ1) is 14.7. The molecule has 0 aromatic heterocycles. The minimum atomic E-state index is -0.471. The van der Waals surface area contributed by atoms with Gasteiger partial charge in [-0.05, 0) is 66.2 Å². The van der Waals surface area contributed by atoms with Gasteiger partial charge in [-0.15, -0.1) is 24.0 Å². The van der Waals surface area contributed by atoms with E-state index in [1.165, 1.54) is 0 Å². The zero-order chi connectivity index (χ0) is 22.9. The summed E-state index contributed by atoms with van der Waals surface area (Å²) in [4.78, 5) is 35.5. The van der Waals surface area contributed by atoms with Gasteiger partial charge in [0, 0.05) is 52.2 Å². The maximum Gasteiger partial charge on any atom is 0.410 e. The summed E-state index contributed by atoms with van der Waals surface area (Å²) in [5.74, 6) is 1.58. The Hall–Kier alpha value is -1.26. The topological polar surface area (TPSA) is 77.5 Å². The summed E-state index contributed by atoms with van der Waals surface area (Å²) in [6.07, 6.45) is 4.51. The van der Waals surface area contributed by atoms with Gasteiger partial charge in [0.15, 0.2) is 5.96 Å². The summed E-state index contributed by atoms with van der Waals surface area (Å²) in [7, 11) is 0. The summed E-state index contributed by atoms with van der Waals surface area (Å²) in [5.41, 5.74) is -0.471. The van der Waals surface area contributed by atoms with Crippen LogP contribution in [0.15, 0.2) is 4.99 Å². The first-order valence-electron chi connectivity index (χ1n) is 12.0. The van der Waals surface area contributed by atoms with E-state index in [4.69, 9.17) is 9.73 Å². The van der Waals surface area contributed by atoms with Gasteiger partial charge in [0.05, 0.1) is 6.54 Å². The van der Waals surface area contributed by atoms with Crippen LogP contribution in [0.3, 0.4) is 0 Å². The van der Waals surface area contributed by atoms with Crippen molar-refractivity contribution in [3.63, 3.8) is 0 Å². The van der Waals surface area contributed by atoms with Crippen molar-refractivity contribution in [1.29, 1.82) is 0 Å². The van der Waals surface area contributed by atoms with Crippen molar-refractivity contribution in [3.8, 4) is 0 Å². The first-order valence-corrected chi connectivity index (χ1v) is 12.0. The highest BCUT2D eigenvalue weighted by molar-refractivity contribution is 14.0. The van der Waals surface area contributed by atoms with Gasteiger partial charge in [0.1, 0.15) is 5.60 Å². The van der Waals surface area contributed by atoms with Crippen LogP contribution in [0, 0.1) is 5.92 Å². The van der Waals surface area contributed by atoms with Crippen molar-refractivity contribution in [2.75, 3.05) is 52.4 Å². The molecular weight excluding hydrogens is 521 g/mol. The number of amides is 2. The average Bonchev–Trinajstić information content (AvgIpc) is 3.25. The minimum Gasteiger partial charge on any atom is -0.444 e. The number of likely N-dealkylation sites (tertiary alicyclic amines) is 2. The van der Waals surface area contributed by atoms with Crippen molar-refractivity contribution in [1.82, 2.24) is 20.0 Å². The Morgan fingerprint density at radius 1 is 1.06 bits per heavy atom. The largest absolute Gasteiger partial charge is 0.444 e. The van der Waals surface area contributed by atoms with E-state index in [-0.39, 0.29) is 36.0 Å². The molecule has 2 rings (SSSR count). The van der Waals surface area contributed by atoms with E-state index in [2.05, 4.69) is 17.1 Å². The molecule has 186 valence electrons. The molecular formula is C23H44IN5O3. The van der Waals surface area contributed by atoms with E-state index < -0.39 is 5.60 Å². The fourth-order valence-electron chi connectivity index (χ4n) is 4.11. The third-order valence-electron chi connectivity index (χ3n) is 5.81. The number of nitrogens with zero attached hydrogens (tertiary/aromatic N) is 4. The van der Waals surface area contributed by atoms with Crippen LogP contribution < -0.4 is 5.32 Å². The second-order valence-corrected chi connectivity index (χ2v) is 9.52. The van der Waals surface area contributed by atoms with Crippen LogP contribution in [0.5, 0.6) is 0 Å². The van der Waals surface area contributed by atoms with Crippen LogP contribution in [0.1, 0.15) is 66.7 Å². The van der Waals surface area contributed by atoms with Gasteiger partial charge in [-0.3, -0.25) is 9.79 Å². The summed E-state index contributed by atoms with van der Waals surface area (Å²) in [6.45, 7) is 16.1. The third-order valence-corrected chi connectivity index (χ3v) is 5.81. The lowest BCUT2D eigenvalue weighted by molar-refractivity contribution is -0.129. The molecule has 0 saturated carbocycles. The van der Waals surface area contributed by atoms with Gasteiger partial charge in [-0.2, -0.15) is 0 Å². The Labute approximate surface area is 211 Å². The molecule has 0 spiro atoms. The quantitative estimate of drug-likeness (QED) is 0.290.